The van der Waals surface area contributed by atoms with Gasteiger partial charge in [-0.1, -0.05) is 12.1 Å². The van der Waals surface area contributed by atoms with Gasteiger partial charge in [0.25, 0.3) is 5.91 Å². The molecule has 0 aromatic heterocycles. The van der Waals surface area contributed by atoms with Gasteiger partial charge in [0.15, 0.2) is 0 Å². The van der Waals surface area contributed by atoms with Crippen molar-refractivity contribution in [3.63, 3.8) is 0 Å². The number of hydrogen-bond acceptors (Lipinski definition) is 4. The number of methoxy groups -OCH3 is 1. The van der Waals surface area contributed by atoms with Gasteiger partial charge in [-0.25, -0.2) is 0 Å². The first-order valence-electron chi connectivity index (χ1n) is 6.47. The van der Waals surface area contributed by atoms with Crippen LogP contribution in [0.25, 0.3) is 0 Å². The van der Waals surface area contributed by atoms with Crippen LogP contribution in [0.5, 0.6) is 0 Å². The molecule has 0 spiro atoms. The second kappa shape index (κ2) is 8.50. The highest BCUT2D eigenvalue weighted by molar-refractivity contribution is 5.99. The van der Waals surface area contributed by atoms with E-state index in [9.17, 15) is 9.90 Å². The molecule has 1 rings (SSSR count). The SMILES string of the molecule is CCNc1ccccc1C(=O)NCCC(O)COC. The first-order chi connectivity index (χ1) is 9.19. The molecule has 1 aromatic rings. The fraction of sp³-hybridized carbons (Fsp3) is 0.500. The van der Waals surface area contributed by atoms with Crippen molar-refractivity contribution in [3.05, 3.63) is 29.8 Å². The van der Waals surface area contributed by atoms with Crippen LogP contribution in [0.15, 0.2) is 24.3 Å². The van der Waals surface area contributed by atoms with Crippen LogP contribution >= 0.6 is 0 Å². The summed E-state index contributed by atoms with van der Waals surface area (Å²) >= 11 is 0. The normalized spacial score (nSPS) is 11.9. The molecule has 0 saturated heterocycles. The van der Waals surface area contributed by atoms with E-state index in [4.69, 9.17) is 4.74 Å². The average molecular weight is 266 g/mol. The molecule has 0 fully saturated rings. The van der Waals surface area contributed by atoms with Crippen molar-refractivity contribution < 1.29 is 14.6 Å². The third kappa shape index (κ3) is 5.28. The van der Waals surface area contributed by atoms with Crippen molar-refractivity contribution in [1.29, 1.82) is 0 Å². The first kappa shape index (κ1) is 15.5. The summed E-state index contributed by atoms with van der Waals surface area (Å²) in [5.41, 5.74) is 1.44. The van der Waals surface area contributed by atoms with Crippen molar-refractivity contribution in [2.75, 3.05) is 32.1 Å². The molecule has 1 unspecified atom stereocenters. The number of benzene rings is 1. The summed E-state index contributed by atoms with van der Waals surface area (Å²) < 4.78 is 4.82. The molecule has 1 amide bonds. The topological polar surface area (TPSA) is 70.6 Å². The summed E-state index contributed by atoms with van der Waals surface area (Å²) in [6.45, 7) is 3.44. The Hall–Kier alpha value is -1.59. The summed E-state index contributed by atoms with van der Waals surface area (Å²) in [6, 6.07) is 7.36. The zero-order chi connectivity index (χ0) is 14.1. The number of aliphatic hydroxyl groups excluding tert-OH is 1. The molecule has 106 valence electrons. The van der Waals surface area contributed by atoms with Gasteiger partial charge in [0, 0.05) is 25.9 Å². The van der Waals surface area contributed by atoms with E-state index in [1.165, 1.54) is 7.11 Å². The van der Waals surface area contributed by atoms with Gasteiger partial charge in [-0.05, 0) is 25.5 Å². The van der Waals surface area contributed by atoms with E-state index < -0.39 is 6.10 Å². The Bertz CT molecular complexity index is 396. The number of aliphatic hydroxyl groups is 1. The maximum absolute atomic E-state index is 12.0. The second-order valence-electron chi connectivity index (χ2n) is 4.23. The maximum atomic E-state index is 12.0. The van der Waals surface area contributed by atoms with Crippen molar-refractivity contribution >= 4 is 11.6 Å². The van der Waals surface area contributed by atoms with E-state index in [1.54, 1.807) is 6.07 Å². The number of rotatable bonds is 8. The molecule has 19 heavy (non-hydrogen) atoms. The third-order valence-corrected chi connectivity index (χ3v) is 2.66. The molecular formula is C14H22N2O3. The van der Waals surface area contributed by atoms with E-state index in [1.807, 2.05) is 25.1 Å². The monoisotopic (exact) mass is 266 g/mol. The van der Waals surface area contributed by atoms with E-state index in [0.29, 0.717) is 18.5 Å². The van der Waals surface area contributed by atoms with Gasteiger partial charge >= 0.3 is 0 Å². The maximum Gasteiger partial charge on any atom is 0.253 e. The Morgan fingerprint density at radius 2 is 2.16 bits per heavy atom. The zero-order valence-electron chi connectivity index (χ0n) is 11.5. The number of ether oxygens (including phenoxy) is 1. The minimum atomic E-state index is -0.547. The van der Waals surface area contributed by atoms with Gasteiger partial charge in [0.2, 0.25) is 0 Å². The summed E-state index contributed by atoms with van der Waals surface area (Å²) in [7, 11) is 1.54. The van der Waals surface area contributed by atoms with Crippen LogP contribution in [0.4, 0.5) is 5.69 Å². The quantitative estimate of drug-likeness (QED) is 0.662. The molecule has 0 saturated carbocycles. The summed E-state index contributed by atoms with van der Waals surface area (Å²) in [6.07, 6.45) is -0.0718. The first-order valence-corrected chi connectivity index (χ1v) is 6.47. The molecule has 3 N–H and O–H groups in total. The predicted octanol–water partition coefficient (Wildman–Crippen LogP) is 1.25. The summed E-state index contributed by atoms with van der Waals surface area (Å²) in [4.78, 5) is 12.0. The number of nitrogens with one attached hydrogen (secondary N) is 2. The molecule has 1 aromatic carbocycles. The minimum absolute atomic E-state index is 0.138. The molecule has 0 heterocycles. The number of para-hydroxylation sites is 1. The smallest absolute Gasteiger partial charge is 0.253 e. The van der Waals surface area contributed by atoms with Crippen molar-refractivity contribution in [3.8, 4) is 0 Å². The molecule has 1 atom stereocenters. The molecule has 0 aliphatic carbocycles. The van der Waals surface area contributed by atoms with E-state index in [2.05, 4.69) is 10.6 Å². The van der Waals surface area contributed by atoms with Crippen LogP contribution in [-0.2, 0) is 4.74 Å². The Morgan fingerprint density at radius 3 is 2.84 bits per heavy atom. The number of carbonyl (C=O) groups excluding carboxylic acids is 1. The van der Waals surface area contributed by atoms with Crippen LogP contribution in [0.3, 0.4) is 0 Å². The largest absolute Gasteiger partial charge is 0.391 e. The van der Waals surface area contributed by atoms with E-state index >= 15 is 0 Å². The van der Waals surface area contributed by atoms with Gasteiger partial charge in [-0.3, -0.25) is 4.79 Å². The molecular weight excluding hydrogens is 244 g/mol. The number of anilines is 1. The molecule has 0 bridgehead atoms. The van der Waals surface area contributed by atoms with Crippen molar-refractivity contribution in [2.45, 2.75) is 19.4 Å². The van der Waals surface area contributed by atoms with Crippen LogP contribution in [0.1, 0.15) is 23.7 Å². The van der Waals surface area contributed by atoms with Gasteiger partial charge in [0.05, 0.1) is 18.3 Å². The lowest BCUT2D eigenvalue weighted by molar-refractivity contribution is 0.0588. The van der Waals surface area contributed by atoms with E-state index in [-0.39, 0.29) is 12.5 Å². The van der Waals surface area contributed by atoms with Gasteiger partial charge in [-0.2, -0.15) is 0 Å². The number of carbonyl (C=O) groups is 1. The van der Waals surface area contributed by atoms with Crippen molar-refractivity contribution in [2.24, 2.45) is 0 Å². The highest BCUT2D eigenvalue weighted by Crippen LogP contribution is 2.14. The molecule has 0 aliphatic heterocycles. The highest BCUT2D eigenvalue weighted by atomic mass is 16.5. The number of amides is 1. The lowest BCUT2D eigenvalue weighted by Gasteiger charge is -2.12. The average Bonchev–Trinajstić information content (AvgIpc) is 2.40. The molecule has 0 radical (unpaired) electrons. The lowest BCUT2D eigenvalue weighted by atomic mass is 10.1. The Labute approximate surface area is 114 Å². The van der Waals surface area contributed by atoms with Gasteiger partial charge < -0.3 is 20.5 Å². The summed E-state index contributed by atoms with van der Waals surface area (Å²) in [5, 5.41) is 15.4. The lowest BCUT2D eigenvalue weighted by Crippen LogP contribution is -2.29. The van der Waals surface area contributed by atoms with E-state index in [0.717, 1.165) is 12.2 Å². The van der Waals surface area contributed by atoms with Crippen molar-refractivity contribution in [1.82, 2.24) is 5.32 Å². The van der Waals surface area contributed by atoms with Crippen LogP contribution in [-0.4, -0.2) is 43.9 Å². The molecule has 0 aliphatic rings. The fourth-order valence-electron chi connectivity index (χ4n) is 1.75. The predicted molar refractivity (Wildman–Crippen MR) is 75.4 cm³/mol. The Balaban J connectivity index is 2.49. The standard InChI is InChI=1S/C14H22N2O3/c1-3-15-13-7-5-4-6-12(13)14(18)16-9-8-11(17)10-19-2/h4-7,11,15,17H,3,8-10H2,1-2H3,(H,16,18). The zero-order valence-corrected chi connectivity index (χ0v) is 11.5. The van der Waals surface area contributed by atoms with Gasteiger partial charge in [-0.15, -0.1) is 0 Å². The highest BCUT2D eigenvalue weighted by Gasteiger charge is 2.10. The number of hydrogen-bond donors (Lipinski definition) is 3. The second-order valence-corrected chi connectivity index (χ2v) is 4.23. The van der Waals surface area contributed by atoms with Crippen LogP contribution in [0.2, 0.25) is 0 Å². The Kier molecular flexibility index (Phi) is 6.92. The third-order valence-electron chi connectivity index (χ3n) is 2.66. The molecule has 5 nitrogen and oxygen atoms in total. The van der Waals surface area contributed by atoms with Gasteiger partial charge in [0.1, 0.15) is 0 Å². The minimum Gasteiger partial charge on any atom is -0.391 e. The van der Waals surface area contributed by atoms with Crippen LogP contribution < -0.4 is 10.6 Å². The van der Waals surface area contributed by atoms with Crippen LogP contribution in [0, 0.1) is 0 Å². The summed E-state index contributed by atoms with van der Waals surface area (Å²) in [5.74, 6) is -0.138. The fourth-order valence-corrected chi connectivity index (χ4v) is 1.75. The Morgan fingerprint density at radius 1 is 1.42 bits per heavy atom. The molecule has 5 heteroatoms.